The number of ketones is 1. The molecule has 9 heteroatoms. The van der Waals surface area contributed by atoms with Crippen molar-refractivity contribution in [2.45, 2.75) is 13.0 Å². The van der Waals surface area contributed by atoms with Crippen LogP contribution in [-0.2, 0) is 14.9 Å². The van der Waals surface area contributed by atoms with E-state index in [-0.39, 0.29) is 11.1 Å². The Morgan fingerprint density at radius 3 is 2.32 bits per heavy atom. The van der Waals surface area contributed by atoms with E-state index in [2.05, 4.69) is 0 Å². The standard InChI is InChI=1S/C16H15NO7S/c1-9(18)11-7-6-10-4-2-3-5-12(10)14(11)15(19)17-13(16(20)21)8-25(22,23)24/h2-7,13H,8H2,1H3,(H,17,19)(H,20,21)(H,22,23,24)/t13-/m0/s1. The number of carbonyl (C=O) groups is 3. The number of hydrogen-bond donors (Lipinski definition) is 3. The maximum atomic E-state index is 12.6. The number of carboxylic acid groups (broad SMARTS) is 1. The minimum Gasteiger partial charge on any atom is -0.480 e. The number of benzene rings is 2. The van der Waals surface area contributed by atoms with E-state index in [1.165, 1.54) is 13.0 Å². The molecule has 2 aromatic carbocycles. The Bertz CT molecular complexity index is 966. The summed E-state index contributed by atoms with van der Waals surface area (Å²) in [6.07, 6.45) is 0. The average Bonchev–Trinajstić information content (AvgIpc) is 2.51. The first-order valence-electron chi connectivity index (χ1n) is 7.11. The molecule has 0 fully saturated rings. The number of fused-ring (bicyclic) bond motifs is 1. The van der Waals surface area contributed by atoms with Crippen LogP contribution in [0.3, 0.4) is 0 Å². The van der Waals surface area contributed by atoms with Gasteiger partial charge in [-0.25, -0.2) is 4.79 Å². The third-order valence-electron chi connectivity index (χ3n) is 3.52. The third-order valence-corrected chi connectivity index (χ3v) is 4.27. The van der Waals surface area contributed by atoms with Gasteiger partial charge >= 0.3 is 5.97 Å². The quantitative estimate of drug-likeness (QED) is 0.515. The molecule has 8 nitrogen and oxygen atoms in total. The van der Waals surface area contributed by atoms with Crippen molar-refractivity contribution in [2.75, 3.05) is 5.75 Å². The van der Waals surface area contributed by atoms with E-state index in [9.17, 15) is 22.8 Å². The summed E-state index contributed by atoms with van der Waals surface area (Å²) in [6, 6.07) is 7.92. The number of rotatable bonds is 6. The summed E-state index contributed by atoms with van der Waals surface area (Å²) in [6.45, 7) is 1.26. The van der Waals surface area contributed by atoms with Crippen LogP contribution in [0.2, 0.25) is 0 Å². The Kier molecular flexibility index (Phi) is 5.19. The molecule has 2 aromatic rings. The summed E-state index contributed by atoms with van der Waals surface area (Å²) in [5.41, 5.74) is 0.0272. The first kappa shape index (κ1) is 18.6. The van der Waals surface area contributed by atoms with Crippen LogP contribution in [0.5, 0.6) is 0 Å². The predicted octanol–water partition coefficient (Wildman–Crippen LogP) is 1.11. The van der Waals surface area contributed by atoms with Gasteiger partial charge in [0.15, 0.2) is 5.78 Å². The van der Waals surface area contributed by atoms with Gasteiger partial charge in [-0.3, -0.25) is 14.1 Å². The van der Waals surface area contributed by atoms with Gasteiger partial charge in [0, 0.05) is 5.56 Å². The zero-order valence-electron chi connectivity index (χ0n) is 13.1. The second kappa shape index (κ2) is 6.99. The van der Waals surface area contributed by atoms with Crippen LogP contribution < -0.4 is 5.32 Å². The molecule has 0 aliphatic heterocycles. The second-order valence-electron chi connectivity index (χ2n) is 5.38. The van der Waals surface area contributed by atoms with Gasteiger partial charge in [-0.15, -0.1) is 0 Å². The number of hydrogen-bond acceptors (Lipinski definition) is 5. The molecule has 0 bridgehead atoms. The van der Waals surface area contributed by atoms with E-state index in [1.54, 1.807) is 30.3 Å². The van der Waals surface area contributed by atoms with Gasteiger partial charge in [0.25, 0.3) is 16.0 Å². The Labute approximate surface area is 143 Å². The summed E-state index contributed by atoms with van der Waals surface area (Å²) < 4.78 is 30.7. The van der Waals surface area contributed by atoms with Crippen molar-refractivity contribution in [3.05, 3.63) is 47.5 Å². The average molecular weight is 365 g/mol. The second-order valence-corrected chi connectivity index (χ2v) is 6.88. The summed E-state index contributed by atoms with van der Waals surface area (Å²) in [5, 5.41) is 12.2. The summed E-state index contributed by atoms with van der Waals surface area (Å²) >= 11 is 0. The molecule has 1 amide bonds. The first-order chi connectivity index (χ1) is 11.6. The van der Waals surface area contributed by atoms with Gasteiger partial charge in [0.1, 0.15) is 11.8 Å². The Balaban J connectivity index is 2.52. The zero-order valence-corrected chi connectivity index (χ0v) is 13.9. The third kappa shape index (κ3) is 4.40. The number of aliphatic carboxylic acids is 1. The highest BCUT2D eigenvalue weighted by atomic mass is 32.2. The van der Waals surface area contributed by atoms with Crippen LogP contribution in [0, 0.1) is 0 Å². The van der Waals surface area contributed by atoms with Crippen molar-refractivity contribution in [1.29, 1.82) is 0 Å². The molecule has 0 saturated heterocycles. The Morgan fingerprint density at radius 2 is 1.76 bits per heavy atom. The predicted molar refractivity (Wildman–Crippen MR) is 89.3 cm³/mol. The largest absolute Gasteiger partial charge is 0.480 e. The summed E-state index contributed by atoms with van der Waals surface area (Å²) in [4.78, 5) is 35.6. The smallest absolute Gasteiger partial charge is 0.327 e. The van der Waals surface area contributed by atoms with Crippen molar-refractivity contribution >= 4 is 38.6 Å². The molecule has 0 aliphatic rings. The summed E-state index contributed by atoms with van der Waals surface area (Å²) in [7, 11) is -4.63. The fourth-order valence-corrected chi connectivity index (χ4v) is 3.07. The maximum absolute atomic E-state index is 12.6. The molecule has 3 N–H and O–H groups in total. The van der Waals surface area contributed by atoms with Gasteiger partial charge < -0.3 is 10.4 Å². The first-order valence-corrected chi connectivity index (χ1v) is 8.72. The van der Waals surface area contributed by atoms with Crippen molar-refractivity contribution < 1.29 is 32.5 Å². The lowest BCUT2D eigenvalue weighted by molar-refractivity contribution is -0.138. The van der Waals surface area contributed by atoms with E-state index in [4.69, 9.17) is 9.66 Å². The van der Waals surface area contributed by atoms with Crippen molar-refractivity contribution in [2.24, 2.45) is 0 Å². The van der Waals surface area contributed by atoms with Gasteiger partial charge in [0.2, 0.25) is 0 Å². The highest BCUT2D eigenvalue weighted by Crippen LogP contribution is 2.23. The van der Waals surface area contributed by atoms with Crippen LogP contribution in [0.25, 0.3) is 10.8 Å². The highest BCUT2D eigenvalue weighted by Gasteiger charge is 2.28. The number of carbonyl (C=O) groups excluding carboxylic acids is 2. The van der Waals surface area contributed by atoms with E-state index >= 15 is 0 Å². The summed E-state index contributed by atoms with van der Waals surface area (Å²) in [5.74, 6) is -4.14. The molecule has 0 aromatic heterocycles. The molecule has 1 atom stereocenters. The van der Waals surface area contributed by atoms with Crippen molar-refractivity contribution in [3.8, 4) is 0 Å². The zero-order chi connectivity index (χ0) is 18.8. The molecule has 0 radical (unpaired) electrons. The van der Waals surface area contributed by atoms with Crippen LogP contribution in [0.1, 0.15) is 27.6 Å². The van der Waals surface area contributed by atoms with Gasteiger partial charge in [-0.2, -0.15) is 8.42 Å². The van der Waals surface area contributed by atoms with Crippen LogP contribution in [0.15, 0.2) is 36.4 Å². The number of nitrogens with one attached hydrogen (secondary N) is 1. The molecule has 2 rings (SSSR count). The van der Waals surface area contributed by atoms with E-state index in [0.717, 1.165) is 0 Å². The number of carboxylic acids is 1. The van der Waals surface area contributed by atoms with E-state index < -0.39 is 39.6 Å². The molecule has 0 spiro atoms. The number of amides is 1. The molecule has 25 heavy (non-hydrogen) atoms. The van der Waals surface area contributed by atoms with Crippen LogP contribution in [-0.4, -0.2) is 47.5 Å². The lowest BCUT2D eigenvalue weighted by Gasteiger charge is -2.16. The fourth-order valence-electron chi connectivity index (χ4n) is 2.43. The van der Waals surface area contributed by atoms with Gasteiger partial charge in [0.05, 0.1) is 5.56 Å². The molecule has 0 saturated carbocycles. The molecular weight excluding hydrogens is 350 g/mol. The van der Waals surface area contributed by atoms with Crippen molar-refractivity contribution in [3.63, 3.8) is 0 Å². The SMILES string of the molecule is CC(=O)c1ccc2ccccc2c1C(=O)N[C@@H](CS(=O)(=O)O)C(=O)O. The fraction of sp³-hybridized carbons (Fsp3) is 0.188. The lowest BCUT2D eigenvalue weighted by Crippen LogP contribution is -2.45. The van der Waals surface area contributed by atoms with Crippen LogP contribution >= 0.6 is 0 Å². The topological polar surface area (TPSA) is 138 Å². The minimum atomic E-state index is -4.63. The Hall–Kier alpha value is -2.78. The van der Waals surface area contributed by atoms with E-state index in [0.29, 0.717) is 10.8 Å². The normalized spacial score (nSPS) is 12.6. The van der Waals surface area contributed by atoms with Crippen LogP contribution in [0.4, 0.5) is 0 Å². The Morgan fingerprint density at radius 1 is 1.12 bits per heavy atom. The molecular formula is C16H15NO7S. The lowest BCUT2D eigenvalue weighted by atomic mass is 9.96. The number of Topliss-reactive ketones (excluding diaryl/α,β-unsaturated/α-hetero) is 1. The van der Waals surface area contributed by atoms with Gasteiger partial charge in [-0.05, 0) is 23.8 Å². The molecule has 0 heterocycles. The highest BCUT2D eigenvalue weighted by molar-refractivity contribution is 7.85. The monoisotopic (exact) mass is 365 g/mol. The van der Waals surface area contributed by atoms with E-state index in [1.807, 2.05) is 5.32 Å². The van der Waals surface area contributed by atoms with Gasteiger partial charge in [-0.1, -0.05) is 30.3 Å². The minimum absolute atomic E-state index is 0.0489. The van der Waals surface area contributed by atoms with Crippen molar-refractivity contribution in [1.82, 2.24) is 5.32 Å². The molecule has 0 aliphatic carbocycles. The molecule has 0 unspecified atom stereocenters. The molecule has 132 valence electrons. The maximum Gasteiger partial charge on any atom is 0.327 e.